The van der Waals surface area contributed by atoms with E-state index in [1.54, 1.807) is 0 Å². The van der Waals surface area contributed by atoms with Crippen LogP contribution in [0, 0.1) is 0 Å². The largest absolute Gasteiger partial charge is 0.372 e. The molecule has 0 saturated carbocycles. The third-order valence-corrected chi connectivity index (χ3v) is 3.85. The van der Waals surface area contributed by atoms with Crippen LogP contribution in [0.15, 0.2) is 24.3 Å². The molecular formula is C14H20N2O. The number of fused-ring (bicyclic) bond motifs is 2. The lowest BCUT2D eigenvalue weighted by Gasteiger charge is -2.32. The minimum absolute atomic E-state index is 0.471. The molecule has 3 rings (SSSR count). The molecule has 1 aromatic rings. The molecule has 2 unspecified atom stereocenters. The van der Waals surface area contributed by atoms with Gasteiger partial charge in [0.05, 0.1) is 12.2 Å². The molecule has 3 nitrogen and oxygen atoms in total. The molecule has 2 atom stereocenters. The molecular weight excluding hydrogens is 212 g/mol. The first kappa shape index (κ1) is 11.2. The zero-order valence-corrected chi connectivity index (χ0v) is 10.1. The van der Waals surface area contributed by atoms with Crippen molar-refractivity contribution in [2.75, 3.05) is 13.1 Å². The maximum absolute atomic E-state index is 5.86. The van der Waals surface area contributed by atoms with Crippen molar-refractivity contribution in [1.82, 2.24) is 4.90 Å². The molecule has 2 aliphatic rings. The summed E-state index contributed by atoms with van der Waals surface area (Å²) in [5, 5.41) is 0. The fraction of sp³-hybridized carbons (Fsp3) is 0.571. The van der Waals surface area contributed by atoms with Gasteiger partial charge in [-0.2, -0.15) is 0 Å². The van der Waals surface area contributed by atoms with E-state index < -0.39 is 0 Å². The Balaban J connectivity index is 1.70. The van der Waals surface area contributed by atoms with E-state index in [0.717, 1.165) is 19.6 Å². The molecule has 0 spiro atoms. The van der Waals surface area contributed by atoms with E-state index >= 15 is 0 Å². The minimum Gasteiger partial charge on any atom is -0.372 e. The van der Waals surface area contributed by atoms with Gasteiger partial charge in [-0.3, -0.25) is 4.90 Å². The van der Waals surface area contributed by atoms with Gasteiger partial charge >= 0.3 is 0 Å². The number of nitrogens with zero attached hydrogens (tertiary/aromatic N) is 1. The second kappa shape index (κ2) is 4.77. The highest BCUT2D eigenvalue weighted by atomic mass is 16.5. The Kier molecular flexibility index (Phi) is 3.14. The van der Waals surface area contributed by atoms with Gasteiger partial charge in [0.2, 0.25) is 0 Å². The predicted octanol–water partition coefficient (Wildman–Crippen LogP) is 1.51. The van der Waals surface area contributed by atoms with Crippen molar-refractivity contribution in [1.29, 1.82) is 0 Å². The Morgan fingerprint density at radius 2 is 1.76 bits per heavy atom. The summed E-state index contributed by atoms with van der Waals surface area (Å²) in [5.41, 5.74) is 8.42. The Labute approximate surface area is 103 Å². The molecule has 2 aliphatic heterocycles. The number of benzene rings is 1. The first-order chi connectivity index (χ1) is 8.35. The van der Waals surface area contributed by atoms with Crippen molar-refractivity contribution in [3.05, 3.63) is 35.4 Å². The maximum Gasteiger partial charge on any atom is 0.0707 e. The van der Waals surface area contributed by atoms with Crippen molar-refractivity contribution in [2.24, 2.45) is 5.73 Å². The van der Waals surface area contributed by atoms with Crippen molar-refractivity contribution >= 4 is 0 Å². The van der Waals surface area contributed by atoms with Crippen LogP contribution in [-0.4, -0.2) is 30.2 Å². The normalized spacial score (nSPS) is 28.5. The van der Waals surface area contributed by atoms with Crippen LogP contribution < -0.4 is 5.73 Å². The molecule has 2 bridgehead atoms. The van der Waals surface area contributed by atoms with Crippen LogP contribution in [0.25, 0.3) is 0 Å². The lowest BCUT2D eigenvalue weighted by atomic mass is 10.1. The van der Waals surface area contributed by atoms with Crippen LogP contribution in [0.5, 0.6) is 0 Å². The Bertz CT molecular complexity index is 382. The van der Waals surface area contributed by atoms with Crippen LogP contribution in [0.1, 0.15) is 24.0 Å². The molecule has 2 N–H and O–H groups in total. The Morgan fingerprint density at radius 3 is 2.41 bits per heavy atom. The lowest BCUT2D eigenvalue weighted by molar-refractivity contribution is -0.0411. The zero-order valence-electron chi connectivity index (χ0n) is 10.1. The van der Waals surface area contributed by atoms with Gasteiger partial charge in [-0.25, -0.2) is 0 Å². The van der Waals surface area contributed by atoms with Gasteiger partial charge in [0.1, 0.15) is 0 Å². The molecule has 0 radical (unpaired) electrons. The van der Waals surface area contributed by atoms with Gasteiger partial charge in [-0.1, -0.05) is 24.3 Å². The maximum atomic E-state index is 5.86. The van der Waals surface area contributed by atoms with Gasteiger partial charge in [0.15, 0.2) is 0 Å². The second-order valence-corrected chi connectivity index (χ2v) is 5.12. The van der Waals surface area contributed by atoms with E-state index in [2.05, 4.69) is 29.2 Å². The van der Waals surface area contributed by atoms with Crippen molar-refractivity contribution in [3.8, 4) is 0 Å². The topological polar surface area (TPSA) is 38.5 Å². The average molecular weight is 232 g/mol. The van der Waals surface area contributed by atoms with E-state index in [4.69, 9.17) is 10.5 Å². The van der Waals surface area contributed by atoms with E-state index in [0.29, 0.717) is 18.8 Å². The number of morpholine rings is 1. The van der Waals surface area contributed by atoms with E-state index in [1.807, 2.05) is 0 Å². The summed E-state index contributed by atoms with van der Waals surface area (Å²) in [4.78, 5) is 2.51. The van der Waals surface area contributed by atoms with E-state index in [1.165, 1.54) is 24.0 Å². The summed E-state index contributed by atoms with van der Waals surface area (Å²) in [6.07, 6.45) is 3.41. The molecule has 2 saturated heterocycles. The summed E-state index contributed by atoms with van der Waals surface area (Å²) in [5.74, 6) is 0. The smallest absolute Gasteiger partial charge is 0.0707 e. The Morgan fingerprint density at radius 1 is 1.12 bits per heavy atom. The number of likely N-dealkylation sites (tertiary alicyclic amines) is 1. The first-order valence-corrected chi connectivity index (χ1v) is 6.50. The van der Waals surface area contributed by atoms with E-state index in [9.17, 15) is 0 Å². The average Bonchev–Trinajstić information content (AvgIpc) is 2.69. The predicted molar refractivity (Wildman–Crippen MR) is 67.5 cm³/mol. The standard InChI is InChI=1S/C14H20N2O/c15-7-11-3-1-2-4-12(11)8-16-9-13-5-6-14(10-16)17-13/h1-4,13-14H,5-10,15H2. The lowest BCUT2D eigenvalue weighted by Crippen LogP contribution is -2.42. The molecule has 92 valence electrons. The number of hydrogen-bond acceptors (Lipinski definition) is 3. The van der Waals surface area contributed by atoms with Crippen molar-refractivity contribution in [3.63, 3.8) is 0 Å². The molecule has 17 heavy (non-hydrogen) atoms. The molecule has 0 aliphatic carbocycles. The van der Waals surface area contributed by atoms with E-state index in [-0.39, 0.29) is 0 Å². The minimum atomic E-state index is 0.471. The third-order valence-electron chi connectivity index (χ3n) is 3.85. The van der Waals surface area contributed by atoms with Gasteiger partial charge in [0.25, 0.3) is 0 Å². The highest BCUT2D eigenvalue weighted by molar-refractivity contribution is 5.26. The van der Waals surface area contributed by atoms with Crippen molar-refractivity contribution < 1.29 is 4.74 Å². The molecule has 3 heteroatoms. The van der Waals surface area contributed by atoms with Gasteiger partial charge in [0, 0.05) is 26.2 Å². The van der Waals surface area contributed by atoms with Crippen LogP contribution in [0.2, 0.25) is 0 Å². The molecule has 2 fully saturated rings. The van der Waals surface area contributed by atoms with Gasteiger partial charge in [-0.15, -0.1) is 0 Å². The highest BCUT2D eigenvalue weighted by Crippen LogP contribution is 2.27. The fourth-order valence-electron chi connectivity index (χ4n) is 2.98. The zero-order chi connectivity index (χ0) is 11.7. The van der Waals surface area contributed by atoms with Crippen LogP contribution in [-0.2, 0) is 17.8 Å². The molecule has 1 aromatic carbocycles. The number of hydrogen-bond donors (Lipinski definition) is 1. The third kappa shape index (κ3) is 2.37. The quantitative estimate of drug-likeness (QED) is 0.858. The van der Waals surface area contributed by atoms with Crippen LogP contribution in [0.3, 0.4) is 0 Å². The van der Waals surface area contributed by atoms with Crippen LogP contribution in [0.4, 0.5) is 0 Å². The van der Waals surface area contributed by atoms with Gasteiger partial charge < -0.3 is 10.5 Å². The van der Waals surface area contributed by atoms with Gasteiger partial charge in [-0.05, 0) is 24.0 Å². The summed E-state index contributed by atoms with van der Waals surface area (Å²) in [7, 11) is 0. The number of nitrogens with two attached hydrogens (primary N) is 1. The molecule has 0 aromatic heterocycles. The first-order valence-electron chi connectivity index (χ1n) is 6.50. The SMILES string of the molecule is NCc1ccccc1CN1CC2CCC(C1)O2. The monoisotopic (exact) mass is 232 g/mol. The Hall–Kier alpha value is -0.900. The molecule has 2 heterocycles. The highest BCUT2D eigenvalue weighted by Gasteiger charge is 2.33. The summed E-state index contributed by atoms with van der Waals surface area (Å²) < 4.78 is 5.86. The number of rotatable bonds is 3. The fourth-order valence-corrected chi connectivity index (χ4v) is 2.98. The second-order valence-electron chi connectivity index (χ2n) is 5.12. The summed E-state index contributed by atoms with van der Waals surface area (Å²) in [6, 6.07) is 8.49. The summed E-state index contributed by atoms with van der Waals surface area (Å²) in [6.45, 7) is 3.81. The van der Waals surface area contributed by atoms with Crippen LogP contribution >= 0.6 is 0 Å². The van der Waals surface area contributed by atoms with Crippen molar-refractivity contribution in [2.45, 2.75) is 38.1 Å². The summed E-state index contributed by atoms with van der Waals surface area (Å²) >= 11 is 0. The number of ether oxygens (including phenoxy) is 1. The molecule has 0 amide bonds.